The number of nitrogens with zero attached hydrogens (tertiary/aromatic N) is 2. The first kappa shape index (κ1) is 21.5. The van der Waals surface area contributed by atoms with E-state index in [1.807, 2.05) is 0 Å². The van der Waals surface area contributed by atoms with Crippen LogP contribution in [0.25, 0.3) is 0 Å². The van der Waals surface area contributed by atoms with Gasteiger partial charge in [-0.1, -0.05) is 41.9 Å². The van der Waals surface area contributed by atoms with Gasteiger partial charge in [-0.15, -0.1) is 0 Å². The van der Waals surface area contributed by atoms with Gasteiger partial charge in [0, 0.05) is 16.3 Å². The number of para-hydroxylation sites is 1. The van der Waals surface area contributed by atoms with Crippen molar-refractivity contribution >= 4 is 44.6 Å². The van der Waals surface area contributed by atoms with Crippen LogP contribution in [0.3, 0.4) is 0 Å². The summed E-state index contributed by atoms with van der Waals surface area (Å²) in [6.45, 7) is 0.134. The number of rotatable bonds is 4. The average molecular weight is 483 g/mol. The second kappa shape index (κ2) is 7.60. The van der Waals surface area contributed by atoms with Gasteiger partial charge >= 0.3 is 0 Å². The predicted molar refractivity (Wildman–Crippen MR) is 125 cm³/mol. The van der Waals surface area contributed by atoms with Crippen molar-refractivity contribution in [2.24, 2.45) is 0 Å². The van der Waals surface area contributed by atoms with Crippen LogP contribution in [0.4, 0.5) is 11.4 Å². The van der Waals surface area contributed by atoms with E-state index in [2.05, 4.69) is 0 Å². The van der Waals surface area contributed by atoms with Crippen LogP contribution in [-0.2, 0) is 30.8 Å². The third-order valence-corrected chi connectivity index (χ3v) is 8.36. The molecule has 0 bridgehead atoms. The monoisotopic (exact) mass is 482 g/mol. The Morgan fingerprint density at radius 1 is 0.970 bits per heavy atom. The summed E-state index contributed by atoms with van der Waals surface area (Å²) in [6, 6.07) is 20.1. The van der Waals surface area contributed by atoms with Gasteiger partial charge in [-0.2, -0.15) is 0 Å². The lowest BCUT2D eigenvalue weighted by Gasteiger charge is -2.32. The fourth-order valence-electron chi connectivity index (χ4n) is 4.55. The zero-order valence-corrected chi connectivity index (χ0v) is 19.1. The molecule has 1 atom stereocenters. The van der Waals surface area contributed by atoms with Crippen molar-refractivity contribution in [1.29, 1.82) is 0 Å². The molecule has 1 spiro atoms. The lowest BCUT2D eigenvalue weighted by atomic mass is 10.0. The van der Waals surface area contributed by atoms with Crippen LogP contribution in [0, 0.1) is 0 Å². The fraction of sp³-hybridized carbons (Fsp3) is 0.167. The summed E-state index contributed by atoms with van der Waals surface area (Å²) in [5.41, 5.74) is 1.80. The number of amides is 2. The summed E-state index contributed by atoms with van der Waals surface area (Å²) in [4.78, 5) is 27.5. The van der Waals surface area contributed by atoms with Crippen LogP contribution in [-0.4, -0.2) is 33.1 Å². The molecule has 2 aliphatic rings. The van der Waals surface area contributed by atoms with Gasteiger partial charge in [0.15, 0.2) is 9.84 Å². The van der Waals surface area contributed by atoms with Crippen LogP contribution in [0.2, 0.25) is 5.02 Å². The third kappa shape index (κ3) is 3.05. The highest BCUT2D eigenvalue weighted by atomic mass is 35.5. The maximum absolute atomic E-state index is 14.0. The maximum atomic E-state index is 14.0. The molecule has 2 amide bonds. The second-order valence-electron chi connectivity index (χ2n) is 7.87. The summed E-state index contributed by atoms with van der Waals surface area (Å²) >= 11 is 5.99. The number of benzene rings is 3. The van der Waals surface area contributed by atoms with Crippen LogP contribution in [0.1, 0.15) is 11.1 Å². The number of sulfone groups is 1. The second-order valence-corrected chi connectivity index (χ2v) is 10.4. The van der Waals surface area contributed by atoms with Crippen molar-refractivity contribution in [3.8, 4) is 5.75 Å². The smallest absolute Gasteiger partial charge is 0.274 e. The Balaban J connectivity index is 1.70. The molecule has 0 aromatic heterocycles. The highest BCUT2D eigenvalue weighted by Gasteiger charge is 2.69. The molecule has 168 valence electrons. The Morgan fingerprint density at radius 2 is 1.64 bits per heavy atom. The molecular formula is C24H19ClN2O5S. The molecule has 2 heterocycles. The largest absolute Gasteiger partial charge is 0.497 e. The minimum Gasteiger partial charge on any atom is -0.497 e. The number of ether oxygens (including phenoxy) is 1. The minimum absolute atomic E-state index is 0.134. The number of carbonyl (C=O) groups is 2. The Bertz CT molecular complexity index is 1370. The van der Waals surface area contributed by atoms with E-state index in [-0.39, 0.29) is 12.1 Å². The van der Waals surface area contributed by atoms with Crippen molar-refractivity contribution in [3.63, 3.8) is 0 Å². The maximum Gasteiger partial charge on any atom is 0.274 e. The normalized spacial score (nSPS) is 21.0. The Morgan fingerprint density at radius 3 is 2.30 bits per heavy atom. The Labute approximate surface area is 196 Å². The molecule has 5 rings (SSSR count). The minimum atomic E-state index is -4.21. The van der Waals surface area contributed by atoms with E-state index >= 15 is 0 Å². The average Bonchev–Trinajstić information content (AvgIpc) is 3.18. The first-order valence-electron chi connectivity index (χ1n) is 10.1. The van der Waals surface area contributed by atoms with Gasteiger partial charge in [-0.05, 0) is 48.0 Å². The van der Waals surface area contributed by atoms with Crippen molar-refractivity contribution in [1.82, 2.24) is 0 Å². The first-order valence-corrected chi connectivity index (χ1v) is 12.2. The van der Waals surface area contributed by atoms with E-state index in [1.165, 1.54) is 12.0 Å². The van der Waals surface area contributed by atoms with Crippen molar-refractivity contribution in [2.75, 3.05) is 22.7 Å². The summed E-state index contributed by atoms with van der Waals surface area (Å²) in [5.74, 6) is -1.55. The molecule has 3 aromatic carbocycles. The molecule has 0 N–H and O–H groups in total. The Kier molecular flexibility index (Phi) is 4.95. The lowest BCUT2D eigenvalue weighted by Crippen LogP contribution is -2.54. The van der Waals surface area contributed by atoms with Crippen molar-refractivity contribution in [3.05, 3.63) is 88.9 Å². The zero-order chi connectivity index (χ0) is 23.4. The SMILES string of the molecule is COc1ccc(N2C(=O)CS(=O)(=O)[C@]23C(=O)N(Cc2ccc(Cl)cc2)c2ccccc23)cc1. The molecule has 33 heavy (non-hydrogen) atoms. The van der Waals surface area contributed by atoms with Gasteiger partial charge in [0.1, 0.15) is 11.5 Å². The van der Waals surface area contributed by atoms with Crippen LogP contribution < -0.4 is 14.5 Å². The van der Waals surface area contributed by atoms with Gasteiger partial charge in [-0.3, -0.25) is 14.5 Å². The molecule has 0 aliphatic carbocycles. The molecule has 1 saturated heterocycles. The number of fused-ring (bicyclic) bond motifs is 2. The number of hydrogen-bond donors (Lipinski definition) is 0. The molecule has 3 aromatic rings. The van der Waals surface area contributed by atoms with E-state index in [9.17, 15) is 18.0 Å². The molecular weight excluding hydrogens is 464 g/mol. The molecule has 9 heteroatoms. The summed E-state index contributed by atoms with van der Waals surface area (Å²) in [6.07, 6.45) is 0. The zero-order valence-electron chi connectivity index (χ0n) is 17.6. The van der Waals surface area contributed by atoms with E-state index in [4.69, 9.17) is 16.3 Å². The molecule has 7 nitrogen and oxygen atoms in total. The number of methoxy groups -OCH3 is 1. The molecule has 0 saturated carbocycles. The summed E-state index contributed by atoms with van der Waals surface area (Å²) < 4.78 is 32.3. The van der Waals surface area contributed by atoms with Gasteiger partial charge < -0.3 is 9.64 Å². The van der Waals surface area contributed by atoms with Crippen LogP contribution >= 0.6 is 11.6 Å². The number of hydrogen-bond acceptors (Lipinski definition) is 5. The molecule has 1 fully saturated rings. The number of halogens is 1. The lowest BCUT2D eigenvalue weighted by molar-refractivity contribution is -0.123. The quantitative estimate of drug-likeness (QED) is 0.568. The molecule has 0 radical (unpaired) electrons. The van der Waals surface area contributed by atoms with Gasteiger partial charge in [0.05, 0.1) is 19.3 Å². The fourth-order valence-corrected chi connectivity index (χ4v) is 6.71. The highest BCUT2D eigenvalue weighted by Crippen LogP contribution is 2.52. The van der Waals surface area contributed by atoms with E-state index in [0.29, 0.717) is 22.1 Å². The van der Waals surface area contributed by atoms with E-state index in [1.54, 1.807) is 72.8 Å². The molecule has 2 aliphatic heterocycles. The van der Waals surface area contributed by atoms with Gasteiger partial charge in [-0.25, -0.2) is 8.42 Å². The van der Waals surface area contributed by atoms with Crippen molar-refractivity contribution < 1.29 is 22.7 Å². The van der Waals surface area contributed by atoms with Gasteiger partial charge in [0.25, 0.3) is 10.8 Å². The summed E-state index contributed by atoms with van der Waals surface area (Å²) in [7, 11) is -2.70. The number of carbonyl (C=O) groups excluding carboxylic acids is 2. The highest BCUT2D eigenvalue weighted by molar-refractivity contribution is 7.94. The van der Waals surface area contributed by atoms with E-state index in [0.717, 1.165) is 10.5 Å². The summed E-state index contributed by atoms with van der Waals surface area (Å²) in [5, 5.41) is 0.554. The first-order chi connectivity index (χ1) is 15.8. The topological polar surface area (TPSA) is 84.0 Å². The van der Waals surface area contributed by atoms with Gasteiger partial charge in [0.2, 0.25) is 5.91 Å². The van der Waals surface area contributed by atoms with E-state index < -0.39 is 32.3 Å². The predicted octanol–water partition coefficient (Wildman–Crippen LogP) is 3.51. The van der Waals surface area contributed by atoms with Crippen molar-refractivity contribution in [2.45, 2.75) is 11.4 Å². The molecule has 0 unspecified atom stereocenters. The van der Waals surface area contributed by atoms with Crippen LogP contribution in [0.5, 0.6) is 5.75 Å². The number of anilines is 2. The third-order valence-electron chi connectivity index (χ3n) is 6.01. The van der Waals surface area contributed by atoms with Crippen LogP contribution in [0.15, 0.2) is 72.8 Å². The standard InChI is InChI=1S/C24H19ClN2O5S/c1-32-19-12-10-18(11-13-19)27-22(28)15-33(30,31)24(27)20-4-2-3-5-21(20)26(23(24)29)14-16-6-8-17(25)9-7-16/h2-13H,14-15H2,1H3/t24-/m1/s1. The Hall–Kier alpha value is -3.36.